The Morgan fingerprint density at radius 2 is 1.66 bits per heavy atom. The molecule has 0 radical (unpaired) electrons. The lowest BCUT2D eigenvalue weighted by molar-refractivity contribution is -0.131. The first-order valence-corrected chi connectivity index (χ1v) is 13.0. The molecule has 32 heavy (non-hydrogen) atoms. The van der Waals surface area contributed by atoms with Gasteiger partial charge in [0.15, 0.2) is 0 Å². The van der Waals surface area contributed by atoms with E-state index in [-0.39, 0.29) is 11.8 Å². The number of carbonyl (C=O) groups is 3. The fourth-order valence-corrected chi connectivity index (χ4v) is 5.68. The molecule has 4 rings (SSSR count). The Morgan fingerprint density at radius 1 is 0.938 bits per heavy atom. The number of anilines is 1. The highest BCUT2D eigenvalue weighted by molar-refractivity contribution is 7.99. The highest BCUT2D eigenvalue weighted by atomic mass is 32.2. The summed E-state index contributed by atoms with van der Waals surface area (Å²) in [4.78, 5) is 43.7. The number of hydrogen-bond donors (Lipinski definition) is 1. The number of nitrogens with one attached hydrogen (secondary N) is 1. The summed E-state index contributed by atoms with van der Waals surface area (Å²) in [6.07, 6.45) is 4.84. The molecule has 0 aromatic heterocycles. The van der Waals surface area contributed by atoms with E-state index in [2.05, 4.69) is 10.2 Å². The van der Waals surface area contributed by atoms with Gasteiger partial charge in [-0.1, -0.05) is 6.07 Å². The van der Waals surface area contributed by atoms with Crippen LogP contribution in [0.2, 0.25) is 0 Å². The Hall–Kier alpha value is -2.06. The summed E-state index contributed by atoms with van der Waals surface area (Å²) < 4.78 is 0. The van der Waals surface area contributed by atoms with Crippen molar-refractivity contribution >= 4 is 35.2 Å². The number of hydrogen-bond acceptors (Lipinski definition) is 5. The van der Waals surface area contributed by atoms with Crippen LogP contribution in [0.25, 0.3) is 0 Å². The Balaban J connectivity index is 1.21. The molecular formula is C24H34N4O3S. The fourth-order valence-electron chi connectivity index (χ4n) is 4.77. The summed E-state index contributed by atoms with van der Waals surface area (Å²) in [5.41, 5.74) is 1.29. The van der Waals surface area contributed by atoms with E-state index < -0.39 is 0 Å². The molecule has 3 fully saturated rings. The van der Waals surface area contributed by atoms with Gasteiger partial charge in [-0.2, -0.15) is 11.8 Å². The normalized spacial score (nSPS) is 20.4. The summed E-state index contributed by atoms with van der Waals surface area (Å²) in [6.45, 7) is 5.42. The van der Waals surface area contributed by atoms with E-state index >= 15 is 0 Å². The summed E-state index contributed by atoms with van der Waals surface area (Å²) >= 11 is 1.87. The topological polar surface area (TPSA) is 73.0 Å². The second kappa shape index (κ2) is 11.2. The van der Waals surface area contributed by atoms with Crippen LogP contribution in [-0.2, 0) is 9.59 Å². The Morgan fingerprint density at radius 3 is 2.38 bits per heavy atom. The smallest absolute Gasteiger partial charge is 0.253 e. The molecule has 3 aliphatic rings. The maximum atomic E-state index is 12.7. The second-order valence-corrected chi connectivity index (χ2v) is 10.3. The standard InChI is InChI=1S/C24H34N4O3S/c29-22(18-26-10-6-19(7-11-26)16-23(30)27-8-1-2-9-27)25-21-5-3-4-20(17-21)24(31)28-12-14-32-15-13-28/h3-5,17,19H,1-2,6-16,18H2,(H,25,29). The van der Waals surface area contributed by atoms with E-state index in [1.165, 1.54) is 0 Å². The van der Waals surface area contributed by atoms with Crippen molar-refractivity contribution < 1.29 is 14.4 Å². The van der Waals surface area contributed by atoms with Crippen LogP contribution in [-0.4, -0.2) is 89.7 Å². The molecule has 1 aromatic carbocycles. The lowest BCUT2D eigenvalue weighted by Gasteiger charge is -2.32. The first kappa shape index (κ1) is 23.1. The first-order chi connectivity index (χ1) is 15.6. The molecule has 174 valence electrons. The van der Waals surface area contributed by atoms with Gasteiger partial charge in [-0.25, -0.2) is 0 Å². The highest BCUT2D eigenvalue weighted by Gasteiger charge is 2.26. The number of carbonyl (C=O) groups excluding carboxylic acids is 3. The van der Waals surface area contributed by atoms with Crippen molar-refractivity contribution in [2.24, 2.45) is 5.92 Å². The van der Waals surface area contributed by atoms with Gasteiger partial charge in [0.2, 0.25) is 11.8 Å². The van der Waals surface area contributed by atoms with Crippen molar-refractivity contribution in [3.05, 3.63) is 29.8 Å². The van der Waals surface area contributed by atoms with E-state index in [1.807, 2.05) is 39.8 Å². The van der Waals surface area contributed by atoms with Gasteiger partial charge < -0.3 is 15.1 Å². The van der Waals surface area contributed by atoms with Crippen LogP contribution >= 0.6 is 11.8 Å². The van der Waals surface area contributed by atoms with Gasteiger partial charge in [-0.05, 0) is 62.9 Å². The largest absolute Gasteiger partial charge is 0.343 e. The zero-order valence-electron chi connectivity index (χ0n) is 18.8. The number of amides is 3. The average molecular weight is 459 g/mol. The molecule has 0 atom stereocenters. The Labute approximate surface area is 194 Å². The van der Waals surface area contributed by atoms with Crippen molar-refractivity contribution in [3.8, 4) is 0 Å². The van der Waals surface area contributed by atoms with Crippen molar-refractivity contribution in [3.63, 3.8) is 0 Å². The predicted molar refractivity (Wildman–Crippen MR) is 128 cm³/mol. The molecule has 7 nitrogen and oxygen atoms in total. The third kappa shape index (κ3) is 6.25. The van der Waals surface area contributed by atoms with E-state index in [9.17, 15) is 14.4 Å². The molecule has 1 N–H and O–H groups in total. The molecule has 3 aliphatic heterocycles. The summed E-state index contributed by atoms with van der Waals surface area (Å²) in [5.74, 6) is 2.66. The summed E-state index contributed by atoms with van der Waals surface area (Å²) in [5, 5.41) is 2.95. The number of piperidine rings is 1. The Bertz CT molecular complexity index is 813. The molecule has 0 spiro atoms. The maximum absolute atomic E-state index is 12.7. The van der Waals surface area contributed by atoms with Gasteiger partial charge in [-0.3, -0.25) is 19.3 Å². The molecule has 3 amide bonds. The van der Waals surface area contributed by atoms with E-state index in [0.717, 1.165) is 76.5 Å². The van der Waals surface area contributed by atoms with Crippen molar-refractivity contribution in [1.29, 1.82) is 0 Å². The monoisotopic (exact) mass is 458 g/mol. The highest BCUT2D eigenvalue weighted by Crippen LogP contribution is 2.23. The third-order valence-electron chi connectivity index (χ3n) is 6.69. The second-order valence-electron chi connectivity index (χ2n) is 9.05. The lowest BCUT2D eigenvalue weighted by Crippen LogP contribution is -2.40. The summed E-state index contributed by atoms with van der Waals surface area (Å²) in [6, 6.07) is 7.24. The Kier molecular flexibility index (Phi) is 8.08. The average Bonchev–Trinajstić information content (AvgIpc) is 3.36. The van der Waals surface area contributed by atoms with Crippen molar-refractivity contribution in [2.75, 3.05) is 62.6 Å². The van der Waals surface area contributed by atoms with E-state index in [1.54, 1.807) is 6.07 Å². The number of benzene rings is 1. The molecule has 0 bridgehead atoms. The minimum Gasteiger partial charge on any atom is -0.343 e. The molecule has 3 saturated heterocycles. The van der Waals surface area contributed by atoms with Gasteiger partial charge in [0.25, 0.3) is 5.91 Å². The number of nitrogens with zero attached hydrogens (tertiary/aromatic N) is 3. The number of likely N-dealkylation sites (tertiary alicyclic amines) is 2. The number of rotatable bonds is 6. The van der Waals surface area contributed by atoms with Gasteiger partial charge in [0.1, 0.15) is 0 Å². The fraction of sp³-hybridized carbons (Fsp3) is 0.625. The lowest BCUT2D eigenvalue weighted by atomic mass is 9.93. The quantitative estimate of drug-likeness (QED) is 0.709. The minimum atomic E-state index is -0.0597. The van der Waals surface area contributed by atoms with Crippen LogP contribution in [0.15, 0.2) is 24.3 Å². The third-order valence-corrected chi connectivity index (χ3v) is 7.63. The molecule has 0 unspecified atom stereocenters. The maximum Gasteiger partial charge on any atom is 0.253 e. The SMILES string of the molecule is O=C(CN1CCC(CC(=O)N2CCCC2)CC1)Nc1cccc(C(=O)N2CCSCC2)c1. The number of thioether (sulfide) groups is 1. The van der Waals surface area contributed by atoms with Crippen molar-refractivity contribution in [1.82, 2.24) is 14.7 Å². The first-order valence-electron chi connectivity index (χ1n) is 11.9. The van der Waals surface area contributed by atoms with Gasteiger partial charge >= 0.3 is 0 Å². The molecule has 3 heterocycles. The van der Waals surface area contributed by atoms with E-state index in [4.69, 9.17) is 0 Å². The van der Waals surface area contributed by atoms with Crippen molar-refractivity contribution in [2.45, 2.75) is 32.1 Å². The van der Waals surface area contributed by atoms with Crippen LogP contribution in [0, 0.1) is 5.92 Å². The van der Waals surface area contributed by atoms with Gasteiger partial charge in [-0.15, -0.1) is 0 Å². The van der Waals surface area contributed by atoms with Crippen LogP contribution in [0.5, 0.6) is 0 Å². The molecule has 8 heteroatoms. The predicted octanol–water partition coefficient (Wildman–Crippen LogP) is 2.54. The van der Waals surface area contributed by atoms with Crippen LogP contribution in [0.3, 0.4) is 0 Å². The molecular weight excluding hydrogens is 424 g/mol. The zero-order valence-corrected chi connectivity index (χ0v) is 19.6. The molecule has 1 aromatic rings. The zero-order chi connectivity index (χ0) is 22.3. The van der Waals surface area contributed by atoms with Crippen LogP contribution < -0.4 is 5.32 Å². The summed E-state index contributed by atoms with van der Waals surface area (Å²) in [7, 11) is 0. The molecule has 0 aliphatic carbocycles. The molecule has 0 saturated carbocycles. The van der Waals surface area contributed by atoms with E-state index in [0.29, 0.717) is 36.0 Å². The van der Waals surface area contributed by atoms with Crippen LogP contribution in [0.4, 0.5) is 5.69 Å². The van der Waals surface area contributed by atoms with Gasteiger partial charge in [0, 0.05) is 55.4 Å². The van der Waals surface area contributed by atoms with Crippen LogP contribution in [0.1, 0.15) is 42.5 Å². The minimum absolute atomic E-state index is 0.0342. The van der Waals surface area contributed by atoms with Gasteiger partial charge in [0.05, 0.1) is 6.54 Å².